The molecule has 1 aromatic rings. The second-order valence-corrected chi connectivity index (χ2v) is 4.79. The third kappa shape index (κ3) is 4.96. The molecule has 16 heavy (non-hydrogen) atoms. The number of ether oxygens (including phenoxy) is 1. The topological polar surface area (TPSA) is 26.3 Å². The maximum Gasteiger partial charge on any atom is 0.309 e. The molecule has 0 fully saturated rings. The molecule has 0 bridgehead atoms. The van der Waals surface area contributed by atoms with Crippen LogP contribution in [-0.4, -0.2) is 17.5 Å². The Bertz CT molecular complexity index is 319. The van der Waals surface area contributed by atoms with E-state index in [0.29, 0.717) is 6.42 Å². The number of halogens is 1. The van der Waals surface area contributed by atoms with E-state index in [1.807, 2.05) is 12.1 Å². The molecule has 0 aliphatic rings. The van der Waals surface area contributed by atoms with Gasteiger partial charge < -0.3 is 4.74 Å². The Morgan fingerprint density at radius 3 is 2.38 bits per heavy atom. The summed E-state index contributed by atoms with van der Waals surface area (Å²) in [6.45, 7) is 0. The monoisotopic (exact) mass is 332 g/mol. The van der Waals surface area contributed by atoms with Gasteiger partial charge in [-0.25, -0.2) is 0 Å². The second-order valence-electron chi connectivity index (χ2n) is 3.72. The lowest BCUT2D eigenvalue weighted by Crippen LogP contribution is -2.04. The van der Waals surface area contributed by atoms with Gasteiger partial charge in [0.15, 0.2) is 0 Å². The van der Waals surface area contributed by atoms with Crippen molar-refractivity contribution in [3.05, 3.63) is 35.4 Å². The third-order valence-corrected chi connectivity index (χ3v) is 3.21. The van der Waals surface area contributed by atoms with Crippen LogP contribution in [0.3, 0.4) is 0 Å². The van der Waals surface area contributed by atoms with Gasteiger partial charge in [-0.3, -0.25) is 4.79 Å². The summed E-state index contributed by atoms with van der Waals surface area (Å²) >= 11 is 2.40. The molecule has 3 heteroatoms. The Hall–Kier alpha value is -0.580. The van der Waals surface area contributed by atoms with Gasteiger partial charge in [-0.05, 0) is 34.8 Å². The zero-order chi connectivity index (χ0) is 11.8. The standard InChI is InChI=1S/C13H17IO2/c1-16-13(15)10-12-7-5-11(6-8-12)4-2-3-9-14/h5-8H,2-4,9-10H2,1H3. The van der Waals surface area contributed by atoms with E-state index in [4.69, 9.17) is 0 Å². The van der Waals surface area contributed by atoms with Gasteiger partial charge in [-0.1, -0.05) is 46.9 Å². The molecule has 0 unspecified atom stereocenters. The molecule has 0 saturated carbocycles. The number of aryl methyl sites for hydroxylation is 1. The molecule has 0 N–H and O–H groups in total. The van der Waals surface area contributed by atoms with E-state index in [9.17, 15) is 4.79 Å². The normalized spacial score (nSPS) is 10.1. The van der Waals surface area contributed by atoms with Crippen LogP contribution in [0.1, 0.15) is 24.0 Å². The summed E-state index contributed by atoms with van der Waals surface area (Å²) < 4.78 is 5.84. The van der Waals surface area contributed by atoms with Crippen molar-refractivity contribution in [1.29, 1.82) is 0 Å². The zero-order valence-corrected chi connectivity index (χ0v) is 11.7. The van der Waals surface area contributed by atoms with Gasteiger partial charge in [0, 0.05) is 0 Å². The lowest BCUT2D eigenvalue weighted by molar-refractivity contribution is -0.139. The molecule has 0 aromatic heterocycles. The first-order chi connectivity index (χ1) is 7.76. The number of rotatable bonds is 6. The summed E-state index contributed by atoms with van der Waals surface area (Å²) in [5.74, 6) is -0.183. The van der Waals surface area contributed by atoms with Crippen LogP contribution in [0.15, 0.2) is 24.3 Å². The fraction of sp³-hybridized carbons (Fsp3) is 0.462. The first kappa shape index (κ1) is 13.5. The number of methoxy groups -OCH3 is 1. The minimum absolute atomic E-state index is 0.183. The minimum atomic E-state index is -0.183. The van der Waals surface area contributed by atoms with Crippen molar-refractivity contribution in [3.63, 3.8) is 0 Å². The summed E-state index contributed by atoms with van der Waals surface area (Å²) in [5.41, 5.74) is 2.36. The van der Waals surface area contributed by atoms with Crippen molar-refractivity contribution in [2.45, 2.75) is 25.7 Å². The molecule has 0 heterocycles. The number of carbonyl (C=O) groups excluding carboxylic acids is 1. The molecular weight excluding hydrogens is 315 g/mol. The predicted molar refractivity (Wildman–Crippen MR) is 74.0 cm³/mol. The largest absolute Gasteiger partial charge is 0.469 e. The molecule has 0 radical (unpaired) electrons. The molecule has 0 spiro atoms. The van der Waals surface area contributed by atoms with Gasteiger partial charge in [-0.15, -0.1) is 0 Å². The Morgan fingerprint density at radius 1 is 1.19 bits per heavy atom. The molecule has 88 valence electrons. The van der Waals surface area contributed by atoms with E-state index in [1.165, 1.54) is 29.9 Å². The van der Waals surface area contributed by atoms with Gasteiger partial charge >= 0.3 is 5.97 Å². The highest BCUT2D eigenvalue weighted by atomic mass is 127. The maximum absolute atomic E-state index is 11.1. The van der Waals surface area contributed by atoms with Crippen molar-refractivity contribution in [2.75, 3.05) is 11.5 Å². The number of hydrogen-bond donors (Lipinski definition) is 0. The molecular formula is C13H17IO2. The third-order valence-electron chi connectivity index (χ3n) is 2.45. The first-order valence-corrected chi connectivity index (χ1v) is 6.99. The lowest BCUT2D eigenvalue weighted by Gasteiger charge is -2.03. The molecule has 2 nitrogen and oxygen atoms in total. The molecule has 0 saturated heterocycles. The van der Waals surface area contributed by atoms with E-state index in [1.54, 1.807) is 0 Å². The minimum Gasteiger partial charge on any atom is -0.469 e. The van der Waals surface area contributed by atoms with Gasteiger partial charge in [0.1, 0.15) is 0 Å². The van der Waals surface area contributed by atoms with Gasteiger partial charge in [-0.2, -0.15) is 0 Å². The van der Waals surface area contributed by atoms with E-state index >= 15 is 0 Å². The van der Waals surface area contributed by atoms with Gasteiger partial charge in [0.05, 0.1) is 13.5 Å². The van der Waals surface area contributed by atoms with Crippen LogP contribution in [0.2, 0.25) is 0 Å². The van der Waals surface area contributed by atoms with Crippen molar-refractivity contribution in [2.24, 2.45) is 0 Å². The molecule has 0 atom stereocenters. The summed E-state index contributed by atoms with van der Waals surface area (Å²) in [5, 5.41) is 0. The van der Waals surface area contributed by atoms with Crippen molar-refractivity contribution in [1.82, 2.24) is 0 Å². The fourth-order valence-electron chi connectivity index (χ4n) is 1.49. The van der Waals surface area contributed by atoms with E-state index in [0.717, 1.165) is 12.0 Å². The van der Waals surface area contributed by atoms with Crippen LogP contribution in [0.25, 0.3) is 0 Å². The second kappa shape index (κ2) is 7.65. The van der Waals surface area contributed by atoms with Gasteiger partial charge in [0.2, 0.25) is 0 Å². The van der Waals surface area contributed by atoms with E-state index in [-0.39, 0.29) is 5.97 Å². The Morgan fingerprint density at radius 2 is 1.81 bits per heavy atom. The summed E-state index contributed by atoms with van der Waals surface area (Å²) in [4.78, 5) is 11.1. The van der Waals surface area contributed by atoms with Crippen molar-refractivity contribution in [3.8, 4) is 0 Å². The number of benzene rings is 1. The molecule has 0 aliphatic heterocycles. The summed E-state index contributed by atoms with van der Waals surface area (Å²) in [7, 11) is 1.42. The highest BCUT2D eigenvalue weighted by molar-refractivity contribution is 14.1. The number of alkyl halides is 1. The van der Waals surface area contributed by atoms with Crippen molar-refractivity contribution < 1.29 is 9.53 Å². The zero-order valence-electron chi connectivity index (χ0n) is 9.54. The Labute approximate surface area is 111 Å². The smallest absolute Gasteiger partial charge is 0.309 e. The highest BCUT2D eigenvalue weighted by Crippen LogP contribution is 2.09. The average Bonchev–Trinajstić information content (AvgIpc) is 2.31. The number of unbranched alkanes of at least 4 members (excludes halogenated alkanes) is 1. The molecule has 1 rings (SSSR count). The van der Waals surface area contributed by atoms with Crippen LogP contribution >= 0.6 is 22.6 Å². The quantitative estimate of drug-likeness (QED) is 0.346. The van der Waals surface area contributed by atoms with Crippen LogP contribution < -0.4 is 0 Å². The summed E-state index contributed by atoms with van der Waals surface area (Å²) in [6.07, 6.45) is 4.00. The Balaban J connectivity index is 2.44. The SMILES string of the molecule is COC(=O)Cc1ccc(CCCCI)cc1. The van der Waals surface area contributed by atoms with E-state index < -0.39 is 0 Å². The van der Waals surface area contributed by atoms with Crippen LogP contribution in [0, 0.1) is 0 Å². The predicted octanol–water partition coefficient (Wildman–Crippen LogP) is 3.16. The molecule has 1 aromatic carbocycles. The highest BCUT2D eigenvalue weighted by Gasteiger charge is 2.02. The molecule has 0 amide bonds. The van der Waals surface area contributed by atoms with Crippen LogP contribution in [0.4, 0.5) is 0 Å². The number of esters is 1. The average molecular weight is 332 g/mol. The first-order valence-electron chi connectivity index (χ1n) is 5.47. The number of carbonyl (C=O) groups is 1. The maximum atomic E-state index is 11.1. The summed E-state index contributed by atoms with van der Waals surface area (Å²) in [6, 6.07) is 8.23. The fourth-order valence-corrected chi connectivity index (χ4v) is 2.03. The lowest BCUT2D eigenvalue weighted by atomic mass is 10.1. The number of hydrogen-bond acceptors (Lipinski definition) is 2. The Kier molecular flexibility index (Phi) is 6.45. The van der Waals surface area contributed by atoms with Crippen LogP contribution in [-0.2, 0) is 22.4 Å². The van der Waals surface area contributed by atoms with Crippen LogP contribution in [0.5, 0.6) is 0 Å². The van der Waals surface area contributed by atoms with E-state index in [2.05, 4.69) is 39.5 Å². The van der Waals surface area contributed by atoms with Gasteiger partial charge in [0.25, 0.3) is 0 Å². The molecule has 0 aliphatic carbocycles. The van der Waals surface area contributed by atoms with Crippen molar-refractivity contribution >= 4 is 28.6 Å².